The van der Waals surface area contributed by atoms with E-state index in [1.54, 1.807) is 49.6 Å². The minimum Gasteiger partial charge on any atom is -0.497 e. The lowest BCUT2D eigenvalue weighted by Crippen LogP contribution is -2.09. The number of methoxy groups -OCH3 is 3. The minimum absolute atomic E-state index is 0.277. The van der Waals surface area contributed by atoms with E-state index in [1.807, 2.05) is 0 Å². The van der Waals surface area contributed by atoms with Crippen molar-refractivity contribution < 1.29 is 23.8 Å². The number of anilines is 1. The van der Waals surface area contributed by atoms with Crippen molar-refractivity contribution in [3.05, 3.63) is 60.2 Å². The van der Waals surface area contributed by atoms with Crippen LogP contribution in [0.3, 0.4) is 0 Å². The molecule has 0 spiro atoms. The average Bonchev–Trinajstić information content (AvgIpc) is 2.65. The van der Waals surface area contributed by atoms with Crippen molar-refractivity contribution in [3.63, 3.8) is 0 Å². The third-order valence-electron chi connectivity index (χ3n) is 3.38. The normalized spacial score (nSPS) is 10.4. The maximum atomic E-state index is 12.1. The van der Waals surface area contributed by atoms with Gasteiger partial charge in [0.1, 0.15) is 17.2 Å². The zero-order valence-corrected chi connectivity index (χ0v) is 14.2. The lowest BCUT2D eigenvalue weighted by Gasteiger charge is -2.08. The third kappa shape index (κ3) is 5.10. The Labute approximate surface area is 146 Å². The molecule has 0 fully saturated rings. The summed E-state index contributed by atoms with van der Waals surface area (Å²) in [5.74, 6) is 1.05. The highest BCUT2D eigenvalue weighted by Crippen LogP contribution is 2.25. The molecule has 6 nitrogen and oxygen atoms in total. The fraction of sp³-hybridized carbons (Fsp3) is 0.158. The van der Waals surface area contributed by atoms with Crippen LogP contribution < -0.4 is 19.5 Å². The van der Waals surface area contributed by atoms with Crippen molar-refractivity contribution in [2.75, 3.05) is 26.6 Å². The molecule has 0 aliphatic carbocycles. The zero-order valence-electron chi connectivity index (χ0n) is 14.2. The Balaban J connectivity index is 2.03. The van der Waals surface area contributed by atoms with Crippen LogP contribution in [0.4, 0.5) is 5.69 Å². The fourth-order valence-electron chi connectivity index (χ4n) is 2.07. The molecule has 0 saturated carbocycles. The van der Waals surface area contributed by atoms with Crippen LogP contribution in [0.25, 0.3) is 0 Å². The predicted octanol–water partition coefficient (Wildman–Crippen LogP) is 3.09. The van der Waals surface area contributed by atoms with Gasteiger partial charge in [-0.05, 0) is 30.3 Å². The van der Waals surface area contributed by atoms with Gasteiger partial charge in [0.25, 0.3) is 0 Å². The molecular weight excluding hydrogens is 322 g/mol. The molecule has 1 N–H and O–H groups in total. The van der Waals surface area contributed by atoms with Gasteiger partial charge >= 0.3 is 0 Å². The molecule has 2 rings (SSSR count). The van der Waals surface area contributed by atoms with Crippen molar-refractivity contribution in [3.8, 4) is 17.2 Å². The lowest BCUT2D eigenvalue weighted by atomic mass is 10.1. The van der Waals surface area contributed by atoms with Crippen molar-refractivity contribution >= 4 is 17.4 Å². The highest BCUT2D eigenvalue weighted by Gasteiger charge is 2.06. The Hall–Kier alpha value is -3.28. The van der Waals surface area contributed by atoms with Gasteiger partial charge in [0.05, 0.1) is 21.3 Å². The molecule has 0 heterocycles. The number of amides is 1. The van der Waals surface area contributed by atoms with Crippen LogP contribution in [-0.4, -0.2) is 33.0 Å². The second-order valence-electron chi connectivity index (χ2n) is 5.02. The Morgan fingerprint density at radius 3 is 1.88 bits per heavy atom. The van der Waals surface area contributed by atoms with Crippen LogP contribution in [-0.2, 0) is 4.79 Å². The average molecular weight is 341 g/mol. The molecule has 0 unspecified atom stereocenters. The summed E-state index contributed by atoms with van der Waals surface area (Å²) in [6.07, 6.45) is 2.40. The number of nitrogens with one attached hydrogen (secondary N) is 1. The highest BCUT2D eigenvalue weighted by molar-refractivity contribution is 6.09. The first kappa shape index (κ1) is 18.1. The summed E-state index contributed by atoms with van der Waals surface area (Å²) in [4.78, 5) is 24.1. The fourth-order valence-corrected chi connectivity index (χ4v) is 2.07. The largest absolute Gasteiger partial charge is 0.497 e. The third-order valence-corrected chi connectivity index (χ3v) is 3.38. The Morgan fingerprint density at radius 2 is 1.36 bits per heavy atom. The summed E-state index contributed by atoms with van der Waals surface area (Å²) < 4.78 is 15.3. The molecule has 25 heavy (non-hydrogen) atoms. The Kier molecular flexibility index (Phi) is 6.17. The second kappa shape index (κ2) is 8.54. The van der Waals surface area contributed by atoms with Gasteiger partial charge in [-0.25, -0.2) is 0 Å². The van der Waals surface area contributed by atoms with Gasteiger partial charge in [0, 0.05) is 35.5 Å². The number of ether oxygens (including phenoxy) is 3. The second-order valence-corrected chi connectivity index (χ2v) is 5.02. The first-order valence-corrected chi connectivity index (χ1v) is 7.46. The van der Waals surface area contributed by atoms with E-state index in [-0.39, 0.29) is 5.78 Å². The summed E-state index contributed by atoms with van der Waals surface area (Å²) in [6, 6.07) is 11.6. The van der Waals surface area contributed by atoms with E-state index in [0.717, 1.165) is 0 Å². The lowest BCUT2D eigenvalue weighted by molar-refractivity contribution is -0.111. The van der Waals surface area contributed by atoms with Gasteiger partial charge in [-0.3, -0.25) is 9.59 Å². The number of ketones is 1. The van der Waals surface area contributed by atoms with E-state index in [2.05, 4.69) is 5.32 Å². The standard InChI is InChI=1S/C19H19NO5/c1-23-15-6-4-13(5-7-15)18(21)8-9-19(22)20-14-10-16(24-2)12-17(11-14)25-3/h4-12H,1-3H3,(H,20,22)/b9-8+. The topological polar surface area (TPSA) is 73.9 Å². The van der Waals surface area contributed by atoms with Crippen molar-refractivity contribution in [2.45, 2.75) is 0 Å². The maximum absolute atomic E-state index is 12.1. The smallest absolute Gasteiger partial charge is 0.248 e. The molecule has 0 radical (unpaired) electrons. The molecule has 2 aromatic carbocycles. The van der Waals surface area contributed by atoms with E-state index in [1.165, 1.54) is 26.4 Å². The molecule has 6 heteroatoms. The molecule has 1 amide bonds. The van der Waals surface area contributed by atoms with Crippen LogP contribution in [0.1, 0.15) is 10.4 Å². The van der Waals surface area contributed by atoms with Crippen molar-refractivity contribution in [1.29, 1.82) is 0 Å². The van der Waals surface area contributed by atoms with Crippen LogP contribution in [0.2, 0.25) is 0 Å². The van der Waals surface area contributed by atoms with Gasteiger partial charge in [-0.1, -0.05) is 0 Å². The van der Waals surface area contributed by atoms with Gasteiger partial charge < -0.3 is 19.5 Å². The first-order chi connectivity index (χ1) is 12.0. The van der Waals surface area contributed by atoms with E-state index in [0.29, 0.717) is 28.5 Å². The predicted molar refractivity (Wildman–Crippen MR) is 94.6 cm³/mol. The monoisotopic (exact) mass is 341 g/mol. The number of benzene rings is 2. The summed E-state index contributed by atoms with van der Waals surface area (Å²) in [6.45, 7) is 0. The summed E-state index contributed by atoms with van der Waals surface area (Å²) >= 11 is 0. The van der Waals surface area contributed by atoms with Crippen molar-refractivity contribution in [1.82, 2.24) is 0 Å². The number of rotatable bonds is 7. The zero-order chi connectivity index (χ0) is 18.2. The quantitative estimate of drug-likeness (QED) is 0.619. The molecule has 0 aromatic heterocycles. The number of hydrogen-bond acceptors (Lipinski definition) is 5. The van der Waals surface area contributed by atoms with Crippen LogP contribution in [0.5, 0.6) is 17.2 Å². The van der Waals surface area contributed by atoms with Crippen LogP contribution in [0.15, 0.2) is 54.6 Å². The molecule has 0 aliphatic heterocycles. The van der Waals surface area contributed by atoms with Gasteiger partial charge in [-0.2, -0.15) is 0 Å². The number of carbonyl (C=O) groups is 2. The summed E-state index contributed by atoms with van der Waals surface area (Å²) in [5, 5.41) is 2.66. The highest BCUT2D eigenvalue weighted by atomic mass is 16.5. The van der Waals surface area contributed by atoms with E-state index >= 15 is 0 Å². The van der Waals surface area contributed by atoms with E-state index in [9.17, 15) is 9.59 Å². The molecule has 0 atom stereocenters. The first-order valence-electron chi connectivity index (χ1n) is 7.46. The molecule has 0 saturated heterocycles. The van der Waals surface area contributed by atoms with Crippen LogP contribution >= 0.6 is 0 Å². The summed E-state index contributed by atoms with van der Waals surface area (Å²) in [5.41, 5.74) is 0.968. The minimum atomic E-state index is -0.433. The SMILES string of the molecule is COc1ccc(C(=O)/C=C/C(=O)Nc2cc(OC)cc(OC)c2)cc1. The number of allylic oxidation sites excluding steroid dienone is 1. The van der Waals surface area contributed by atoms with E-state index in [4.69, 9.17) is 14.2 Å². The number of hydrogen-bond donors (Lipinski definition) is 1. The maximum Gasteiger partial charge on any atom is 0.248 e. The Morgan fingerprint density at radius 1 is 0.800 bits per heavy atom. The molecule has 0 aliphatic rings. The van der Waals surface area contributed by atoms with Crippen molar-refractivity contribution in [2.24, 2.45) is 0 Å². The van der Waals surface area contributed by atoms with Gasteiger partial charge in [-0.15, -0.1) is 0 Å². The number of carbonyl (C=O) groups excluding carboxylic acids is 2. The van der Waals surface area contributed by atoms with Crippen LogP contribution in [0, 0.1) is 0 Å². The van der Waals surface area contributed by atoms with Gasteiger partial charge in [0.15, 0.2) is 5.78 Å². The molecule has 0 bridgehead atoms. The van der Waals surface area contributed by atoms with E-state index < -0.39 is 5.91 Å². The van der Waals surface area contributed by atoms with Gasteiger partial charge in [0.2, 0.25) is 5.91 Å². The summed E-state index contributed by atoms with van der Waals surface area (Å²) in [7, 11) is 4.59. The Bertz CT molecular complexity index is 759. The molecule has 2 aromatic rings. The molecular formula is C19H19NO5. The molecule has 130 valence electrons.